The molecular formula is C20H36N2O2S. The highest BCUT2D eigenvalue weighted by atomic mass is 32.1. The Kier molecular flexibility index (Phi) is 15.6. The number of nitrogens with zero attached hydrogens (tertiary/aromatic N) is 2. The Morgan fingerprint density at radius 1 is 1.08 bits per heavy atom. The van der Waals surface area contributed by atoms with Gasteiger partial charge in [-0.3, -0.25) is 0 Å². The van der Waals surface area contributed by atoms with Gasteiger partial charge in [-0.05, 0) is 19.3 Å². The first-order valence-corrected chi connectivity index (χ1v) is 10.1. The van der Waals surface area contributed by atoms with Crippen LogP contribution in [0.1, 0.15) is 70.6 Å². The maximum absolute atomic E-state index is 10.8. The van der Waals surface area contributed by atoms with Gasteiger partial charge in [0.25, 0.3) is 0 Å². The average molecular weight is 369 g/mol. The molecule has 144 valence electrons. The number of carbonyl (C=O) groups excluding carboxylic acids is 1. The minimum absolute atomic E-state index is 0.301. The van der Waals surface area contributed by atoms with Crippen LogP contribution in [-0.4, -0.2) is 43.7 Å². The van der Waals surface area contributed by atoms with Gasteiger partial charge >= 0.3 is 5.97 Å². The number of nitriles is 1. The van der Waals surface area contributed by atoms with E-state index in [1.807, 2.05) is 0 Å². The van der Waals surface area contributed by atoms with Gasteiger partial charge in [0.15, 0.2) is 0 Å². The Hall–Kier alpha value is -1.12. The molecule has 0 bridgehead atoms. The zero-order valence-corrected chi connectivity index (χ0v) is 16.8. The van der Waals surface area contributed by atoms with E-state index in [9.17, 15) is 4.79 Å². The highest BCUT2D eigenvalue weighted by molar-refractivity contribution is 7.64. The number of hydrogen-bond donors (Lipinski definition) is 0. The zero-order valence-electron chi connectivity index (χ0n) is 16.0. The van der Waals surface area contributed by atoms with Crippen LogP contribution in [0.3, 0.4) is 0 Å². The molecule has 1 aliphatic rings. The lowest BCUT2D eigenvalue weighted by molar-refractivity contribution is -0.897. The maximum atomic E-state index is 10.8. The topological polar surface area (TPSA) is 50.1 Å². The average Bonchev–Trinajstić information content (AvgIpc) is 3.03. The third-order valence-corrected chi connectivity index (χ3v) is 4.90. The first kappa shape index (κ1) is 23.9. The Bertz CT molecular complexity index is 388. The van der Waals surface area contributed by atoms with E-state index in [1.54, 1.807) is 0 Å². The van der Waals surface area contributed by atoms with E-state index < -0.39 is 0 Å². The fraction of sp³-hybridized carbons (Fsp3) is 0.800. The molecule has 1 aliphatic heterocycles. The van der Waals surface area contributed by atoms with E-state index in [2.05, 4.69) is 26.3 Å². The smallest absolute Gasteiger partial charge is 0.330 e. The van der Waals surface area contributed by atoms with Crippen LogP contribution in [0.4, 0.5) is 0 Å². The van der Waals surface area contributed by atoms with Gasteiger partial charge in [-0.2, -0.15) is 0 Å². The second-order valence-electron chi connectivity index (χ2n) is 7.14. The van der Waals surface area contributed by atoms with E-state index in [4.69, 9.17) is 10.00 Å². The highest BCUT2D eigenvalue weighted by Gasteiger charge is 2.25. The van der Waals surface area contributed by atoms with E-state index in [0.717, 1.165) is 6.42 Å². The molecule has 4 nitrogen and oxygen atoms in total. The summed E-state index contributed by atoms with van der Waals surface area (Å²) in [4.78, 5) is 10.8. The van der Waals surface area contributed by atoms with Gasteiger partial charge in [-0.15, -0.1) is 0 Å². The van der Waals surface area contributed by atoms with Crippen molar-refractivity contribution in [3.63, 3.8) is 0 Å². The molecule has 1 heterocycles. The normalized spacial score (nSPS) is 14.9. The van der Waals surface area contributed by atoms with Crippen molar-refractivity contribution >= 4 is 18.6 Å². The molecule has 0 saturated carbocycles. The van der Waals surface area contributed by atoms with Crippen LogP contribution >= 0.6 is 0 Å². The maximum Gasteiger partial charge on any atom is 0.330 e. The summed E-state index contributed by atoms with van der Waals surface area (Å²) in [5, 5.41) is 8.47. The number of carbonyl (C=O) groups is 1. The van der Waals surface area contributed by atoms with Crippen LogP contribution in [0, 0.1) is 10.7 Å². The third-order valence-electron chi connectivity index (χ3n) is 4.90. The molecule has 0 amide bonds. The quantitative estimate of drug-likeness (QED) is 0.120. The van der Waals surface area contributed by atoms with E-state index in [-0.39, 0.29) is 5.97 Å². The van der Waals surface area contributed by atoms with Crippen LogP contribution < -0.4 is 0 Å². The van der Waals surface area contributed by atoms with E-state index in [0.29, 0.717) is 6.61 Å². The van der Waals surface area contributed by atoms with Crippen LogP contribution in [-0.2, 0) is 22.2 Å². The Morgan fingerprint density at radius 3 is 2.00 bits per heavy atom. The largest absolute Gasteiger partial charge is 0.696 e. The number of likely N-dealkylation sites (tertiary alicyclic amines) is 1. The van der Waals surface area contributed by atoms with Crippen LogP contribution in [0.15, 0.2) is 12.7 Å². The Balaban J connectivity index is 0.00000178. The number of ether oxygens (including phenoxy) is 1. The van der Waals surface area contributed by atoms with Gasteiger partial charge < -0.3 is 21.8 Å². The third kappa shape index (κ3) is 14.9. The van der Waals surface area contributed by atoms with E-state index >= 15 is 0 Å². The van der Waals surface area contributed by atoms with Crippen molar-refractivity contribution in [2.24, 2.45) is 0 Å². The Labute approximate surface area is 160 Å². The molecule has 0 aromatic heterocycles. The summed E-state index contributed by atoms with van der Waals surface area (Å²) in [6, 6.07) is 0. The van der Waals surface area contributed by atoms with Crippen LogP contribution in [0.25, 0.3) is 0 Å². The molecule has 0 aliphatic carbocycles. The zero-order chi connectivity index (χ0) is 18.8. The Morgan fingerprint density at radius 2 is 1.52 bits per heavy atom. The predicted molar refractivity (Wildman–Crippen MR) is 106 cm³/mol. The summed E-state index contributed by atoms with van der Waals surface area (Å²) in [5.74, 6) is -0.301. The lowest BCUT2D eigenvalue weighted by atomic mass is 10.1. The molecule has 1 rings (SSSR count). The van der Waals surface area contributed by atoms with Crippen molar-refractivity contribution in [1.29, 1.82) is 5.26 Å². The number of quaternary nitrogens is 1. The SMILES string of the molecule is C=CC(=O)OCCCCCCCCCCC[N+]1(C)CCCC1.N#C[S-]. The van der Waals surface area contributed by atoms with Crippen molar-refractivity contribution in [3.8, 4) is 5.40 Å². The molecule has 0 radical (unpaired) electrons. The molecule has 1 saturated heterocycles. The lowest BCUT2D eigenvalue weighted by Crippen LogP contribution is -2.41. The lowest BCUT2D eigenvalue weighted by Gasteiger charge is -2.29. The summed E-state index contributed by atoms with van der Waals surface area (Å²) < 4.78 is 6.28. The predicted octanol–water partition coefficient (Wildman–Crippen LogP) is 4.48. The van der Waals surface area contributed by atoms with Gasteiger partial charge in [0.05, 0.1) is 33.3 Å². The summed E-state index contributed by atoms with van der Waals surface area (Å²) in [7, 11) is 2.43. The number of thiocyanates is 1. The van der Waals surface area contributed by atoms with Crippen molar-refractivity contribution in [2.45, 2.75) is 70.6 Å². The van der Waals surface area contributed by atoms with Crippen molar-refractivity contribution in [1.82, 2.24) is 0 Å². The van der Waals surface area contributed by atoms with Gasteiger partial charge in [-0.25, -0.2) is 10.1 Å². The number of unbranched alkanes of at least 4 members (excludes halogenated alkanes) is 8. The van der Waals surface area contributed by atoms with Gasteiger partial charge in [-0.1, -0.05) is 50.5 Å². The minimum atomic E-state index is -0.301. The molecule has 1 fully saturated rings. The monoisotopic (exact) mass is 368 g/mol. The number of hydrogen-bond acceptors (Lipinski definition) is 4. The van der Waals surface area contributed by atoms with Gasteiger partial charge in [0.2, 0.25) is 0 Å². The molecule has 0 unspecified atom stereocenters. The fourth-order valence-electron chi connectivity index (χ4n) is 3.39. The van der Waals surface area contributed by atoms with Gasteiger partial charge in [0, 0.05) is 18.9 Å². The van der Waals surface area contributed by atoms with Crippen molar-refractivity contribution in [3.05, 3.63) is 12.7 Å². The molecule has 25 heavy (non-hydrogen) atoms. The molecule has 5 heteroatoms. The standard InChI is InChI=1S/C19H36NO2.CHNS/c1-3-19(21)22-18-14-10-8-6-4-5-7-9-11-15-20(2)16-12-13-17-20;2-1-3/h3H,1,4-18H2,2H3;3H/q+1;/p-1. The molecule has 0 aromatic rings. The summed E-state index contributed by atoms with van der Waals surface area (Å²) >= 11 is 3.70. The molecular weight excluding hydrogens is 332 g/mol. The fourth-order valence-corrected chi connectivity index (χ4v) is 3.39. The molecule has 0 atom stereocenters. The van der Waals surface area contributed by atoms with Crippen molar-refractivity contribution < 1.29 is 14.0 Å². The molecule has 0 N–H and O–H groups in total. The molecule has 0 spiro atoms. The molecule has 0 aromatic carbocycles. The van der Waals surface area contributed by atoms with Crippen LogP contribution in [0.2, 0.25) is 0 Å². The van der Waals surface area contributed by atoms with Crippen LogP contribution in [0.5, 0.6) is 0 Å². The first-order valence-electron chi connectivity index (χ1n) is 9.72. The van der Waals surface area contributed by atoms with Crippen molar-refractivity contribution in [2.75, 3.05) is 33.3 Å². The van der Waals surface area contributed by atoms with Gasteiger partial charge in [0.1, 0.15) is 0 Å². The number of rotatable bonds is 13. The second kappa shape index (κ2) is 16.4. The van der Waals surface area contributed by atoms with E-state index in [1.165, 1.54) is 99.8 Å². The second-order valence-corrected chi connectivity index (χ2v) is 7.32. The highest BCUT2D eigenvalue weighted by Crippen LogP contribution is 2.18. The summed E-state index contributed by atoms with van der Waals surface area (Å²) in [6.07, 6.45) is 15.8. The number of esters is 1. The summed E-state index contributed by atoms with van der Waals surface area (Å²) in [6.45, 7) is 8.13. The summed E-state index contributed by atoms with van der Waals surface area (Å²) in [5.41, 5.74) is 0. The minimum Gasteiger partial charge on any atom is -0.696 e. The first-order chi connectivity index (χ1) is 12.1.